The fraction of sp³-hybridized carbons (Fsp3) is 0.562. The van der Waals surface area contributed by atoms with Crippen molar-refractivity contribution in [2.75, 3.05) is 6.54 Å². The molecule has 1 N–H and O–H groups in total. The fourth-order valence-electron chi connectivity index (χ4n) is 2.78. The zero-order chi connectivity index (χ0) is 13.8. The van der Waals surface area contributed by atoms with Crippen molar-refractivity contribution in [1.29, 1.82) is 0 Å². The Morgan fingerprint density at radius 3 is 2.53 bits per heavy atom. The molecule has 0 saturated carbocycles. The fourth-order valence-corrected chi connectivity index (χ4v) is 2.78. The number of aliphatic carboxylic acids is 1. The number of carboxylic acid groups (broad SMARTS) is 1. The van der Waals surface area contributed by atoms with Gasteiger partial charge in [-0.2, -0.15) is 0 Å². The normalized spacial score (nSPS) is 20.1. The van der Waals surface area contributed by atoms with E-state index in [0.717, 1.165) is 32.4 Å². The predicted octanol–water partition coefficient (Wildman–Crippen LogP) is 2.93. The quantitative estimate of drug-likeness (QED) is 0.886. The van der Waals surface area contributed by atoms with Crippen molar-refractivity contribution in [3.63, 3.8) is 0 Å². The highest BCUT2D eigenvalue weighted by Gasteiger charge is 2.30. The highest BCUT2D eigenvalue weighted by atomic mass is 16.4. The van der Waals surface area contributed by atoms with Gasteiger partial charge in [-0.15, -0.1) is 0 Å². The summed E-state index contributed by atoms with van der Waals surface area (Å²) in [4.78, 5) is 13.2. The third-order valence-corrected chi connectivity index (χ3v) is 3.70. The van der Waals surface area contributed by atoms with Crippen molar-refractivity contribution < 1.29 is 9.90 Å². The van der Waals surface area contributed by atoms with Gasteiger partial charge in [-0.25, -0.2) is 0 Å². The molecule has 1 heterocycles. The first kappa shape index (κ1) is 14.1. The monoisotopic (exact) mass is 261 g/mol. The van der Waals surface area contributed by atoms with Gasteiger partial charge in [0.2, 0.25) is 0 Å². The summed E-state index contributed by atoms with van der Waals surface area (Å²) in [6.07, 6.45) is 2.87. The van der Waals surface area contributed by atoms with Crippen molar-refractivity contribution >= 4 is 5.97 Å². The number of carbonyl (C=O) groups is 1. The van der Waals surface area contributed by atoms with Gasteiger partial charge in [-0.05, 0) is 42.9 Å². The number of hydrogen-bond acceptors (Lipinski definition) is 2. The van der Waals surface area contributed by atoms with Crippen LogP contribution in [-0.2, 0) is 17.8 Å². The maximum Gasteiger partial charge on any atom is 0.320 e. The van der Waals surface area contributed by atoms with Gasteiger partial charge in [-0.1, -0.05) is 38.1 Å². The van der Waals surface area contributed by atoms with Crippen molar-refractivity contribution in [2.45, 2.75) is 45.7 Å². The molecule has 0 aliphatic carbocycles. The van der Waals surface area contributed by atoms with E-state index in [1.165, 1.54) is 11.1 Å². The Morgan fingerprint density at radius 2 is 1.95 bits per heavy atom. The molecule has 1 aliphatic rings. The third kappa shape index (κ3) is 3.80. The van der Waals surface area contributed by atoms with Gasteiger partial charge in [0.25, 0.3) is 0 Å². The number of rotatable bonds is 5. The second-order valence-electron chi connectivity index (χ2n) is 5.88. The molecule has 1 fully saturated rings. The molecule has 2 rings (SSSR count). The van der Waals surface area contributed by atoms with Gasteiger partial charge in [-0.3, -0.25) is 9.69 Å². The van der Waals surface area contributed by atoms with Crippen LogP contribution >= 0.6 is 0 Å². The van der Waals surface area contributed by atoms with Crippen LogP contribution in [0.3, 0.4) is 0 Å². The van der Waals surface area contributed by atoms with E-state index < -0.39 is 5.97 Å². The summed E-state index contributed by atoms with van der Waals surface area (Å²) in [5.41, 5.74) is 2.57. The van der Waals surface area contributed by atoms with Crippen molar-refractivity contribution in [3.05, 3.63) is 35.4 Å². The molecular weight excluding hydrogens is 238 g/mol. The van der Waals surface area contributed by atoms with E-state index in [2.05, 4.69) is 43.0 Å². The Hall–Kier alpha value is -1.35. The van der Waals surface area contributed by atoms with E-state index in [0.29, 0.717) is 5.92 Å². The highest BCUT2D eigenvalue weighted by molar-refractivity contribution is 5.73. The van der Waals surface area contributed by atoms with Crippen LogP contribution in [0.15, 0.2) is 24.3 Å². The SMILES string of the molecule is CC(C)Cc1ccc(CN2CCC[C@H]2C(=O)O)cc1. The van der Waals surface area contributed by atoms with Crippen molar-refractivity contribution in [3.8, 4) is 0 Å². The van der Waals surface area contributed by atoms with Crippen molar-refractivity contribution in [1.82, 2.24) is 4.90 Å². The summed E-state index contributed by atoms with van der Waals surface area (Å²) < 4.78 is 0. The molecule has 0 spiro atoms. The summed E-state index contributed by atoms with van der Waals surface area (Å²) in [5, 5.41) is 9.16. The second-order valence-corrected chi connectivity index (χ2v) is 5.88. The summed E-state index contributed by atoms with van der Waals surface area (Å²) in [6, 6.07) is 8.31. The minimum Gasteiger partial charge on any atom is -0.480 e. The lowest BCUT2D eigenvalue weighted by Gasteiger charge is -2.21. The molecule has 1 atom stereocenters. The molecule has 0 bridgehead atoms. The lowest BCUT2D eigenvalue weighted by molar-refractivity contribution is -0.142. The smallest absolute Gasteiger partial charge is 0.320 e. The maximum absolute atomic E-state index is 11.1. The van der Waals surface area contributed by atoms with E-state index in [-0.39, 0.29) is 6.04 Å². The summed E-state index contributed by atoms with van der Waals surface area (Å²) in [6.45, 7) is 6.08. The van der Waals surface area contributed by atoms with E-state index in [4.69, 9.17) is 5.11 Å². The van der Waals surface area contributed by atoms with Crippen LogP contribution in [0.4, 0.5) is 0 Å². The van der Waals surface area contributed by atoms with E-state index in [1.54, 1.807) is 0 Å². The molecule has 3 nitrogen and oxygen atoms in total. The molecule has 1 aromatic carbocycles. The number of nitrogens with zero attached hydrogens (tertiary/aromatic N) is 1. The Balaban J connectivity index is 1.97. The number of likely N-dealkylation sites (tertiary alicyclic amines) is 1. The minimum atomic E-state index is -0.686. The number of benzene rings is 1. The molecule has 3 heteroatoms. The van der Waals surface area contributed by atoms with E-state index in [9.17, 15) is 4.79 Å². The standard InChI is InChI=1S/C16H23NO2/c1-12(2)10-13-5-7-14(8-6-13)11-17-9-3-4-15(17)16(18)19/h5-8,12,15H,3-4,9-11H2,1-2H3,(H,18,19)/t15-/m0/s1. The molecule has 19 heavy (non-hydrogen) atoms. The summed E-state index contributed by atoms with van der Waals surface area (Å²) in [7, 11) is 0. The number of hydrogen-bond donors (Lipinski definition) is 1. The van der Waals surface area contributed by atoms with Crippen LogP contribution in [0.2, 0.25) is 0 Å². The Morgan fingerprint density at radius 1 is 1.32 bits per heavy atom. The summed E-state index contributed by atoms with van der Waals surface area (Å²) >= 11 is 0. The number of carboxylic acids is 1. The predicted molar refractivity (Wildman–Crippen MR) is 76.1 cm³/mol. The van der Waals surface area contributed by atoms with Crippen LogP contribution in [-0.4, -0.2) is 28.6 Å². The van der Waals surface area contributed by atoms with Crippen LogP contribution < -0.4 is 0 Å². The topological polar surface area (TPSA) is 40.5 Å². The highest BCUT2D eigenvalue weighted by Crippen LogP contribution is 2.20. The van der Waals surface area contributed by atoms with Crippen LogP contribution in [0.1, 0.15) is 37.8 Å². The van der Waals surface area contributed by atoms with Gasteiger partial charge >= 0.3 is 5.97 Å². The van der Waals surface area contributed by atoms with Crippen molar-refractivity contribution in [2.24, 2.45) is 5.92 Å². The van der Waals surface area contributed by atoms with Crippen LogP contribution in [0.5, 0.6) is 0 Å². The van der Waals surface area contributed by atoms with Gasteiger partial charge in [0, 0.05) is 6.54 Å². The van der Waals surface area contributed by atoms with Crippen LogP contribution in [0.25, 0.3) is 0 Å². The average molecular weight is 261 g/mol. The molecule has 0 unspecified atom stereocenters. The average Bonchev–Trinajstić information content (AvgIpc) is 2.79. The molecule has 0 amide bonds. The lowest BCUT2D eigenvalue weighted by atomic mass is 10.0. The first-order valence-corrected chi connectivity index (χ1v) is 7.11. The van der Waals surface area contributed by atoms with Gasteiger partial charge in [0.15, 0.2) is 0 Å². The third-order valence-electron chi connectivity index (χ3n) is 3.70. The van der Waals surface area contributed by atoms with Crippen LogP contribution in [0, 0.1) is 5.92 Å². The zero-order valence-electron chi connectivity index (χ0n) is 11.8. The molecule has 1 aliphatic heterocycles. The Kier molecular flexibility index (Phi) is 4.59. The zero-order valence-corrected chi connectivity index (χ0v) is 11.8. The Labute approximate surface area is 115 Å². The molecular formula is C16H23NO2. The molecule has 0 aromatic heterocycles. The molecule has 1 aromatic rings. The molecule has 0 radical (unpaired) electrons. The van der Waals surface area contributed by atoms with E-state index in [1.807, 2.05) is 0 Å². The lowest BCUT2D eigenvalue weighted by Crippen LogP contribution is -2.35. The maximum atomic E-state index is 11.1. The van der Waals surface area contributed by atoms with Gasteiger partial charge in [0.05, 0.1) is 0 Å². The molecule has 1 saturated heterocycles. The second kappa shape index (κ2) is 6.20. The van der Waals surface area contributed by atoms with E-state index >= 15 is 0 Å². The first-order chi connectivity index (χ1) is 9.06. The van der Waals surface area contributed by atoms with Gasteiger partial charge < -0.3 is 5.11 Å². The Bertz CT molecular complexity index is 425. The first-order valence-electron chi connectivity index (χ1n) is 7.11. The van der Waals surface area contributed by atoms with Gasteiger partial charge in [0.1, 0.15) is 6.04 Å². The minimum absolute atomic E-state index is 0.296. The summed E-state index contributed by atoms with van der Waals surface area (Å²) in [5.74, 6) is -0.0187. The molecule has 104 valence electrons. The largest absolute Gasteiger partial charge is 0.480 e.